The molecule has 3 atom stereocenters. The van der Waals surface area contributed by atoms with Crippen molar-refractivity contribution in [3.63, 3.8) is 0 Å². The second kappa shape index (κ2) is 12.8. The molecule has 2 amide bonds. The van der Waals surface area contributed by atoms with E-state index in [0.29, 0.717) is 35.2 Å². The van der Waals surface area contributed by atoms with Crippen molar-refractivity contribution in [1.29, 1.82) is 0 Å². The topological polar surface area (TPSA) is 96.9 Å². The number of anilines is 1. The van der Waals surface area contributed by atoms with E-state index in [9.17, 15) is 9.59 Å². The standard InChI is InChI=1S/C31H35N5O4S/c1-20-16-36(17-22-8-7-13-32-15-22)21(2)19-40-26-12-11-23(14-24(26)31(38)35(3)18-27(20)39-4)33-29(37)30-34-25-9-5-6-10-28(25)41-30/h5-15,20-21,27H,16-19H2,1-4H3,(H,33,37)/t20-,21-,27-/m1/s1. The fraction of sp³-hybridized carbons (Fsp3) is 0.355. The number of aromatic nitrogens is 2. The molecular formula is C31H35N5O4S. The zero-order valence-corrected chi connectivity index (χ0v) is 24.6. The van der Waals surface area contributed by atoms with Crippen molar-refractivity contribution in [3.8, 4) is 5.75 Å². The van der Waals surface area contributed by atoms with Crippen molar-refractivity contribution in [3.05, 3.63) is 83.1 Å². The summed E-state index contributed by atoms with van der Waals surface area (Å²) in [7, 11) is 3.45. The molecule has 0 spiro atoms. The molecule has 10 heteroatoms. The highest BCUT2D eigenvalue weighted by atomic mass is 32.1. The third-order valence-electron chi connectivity index (χ3n) is 7.43. The van der Waals surface area contributed by atoms with Gasteiger partial charge < -0.3 is 19.7 Å². The minimum Gasteiger partial charge on any atom is -0.491 e. The molecule has 3 heterocycles. The lowest BCUT2D eigenvalue weighted by Crippen LogP contribution is -2.46. The summed E-state index contributed by atoms with van der Waals surface area (Å²) < 4.78 is 13.1. The molecule has 0 saturated carbocycles. The maximum absolute atomic E-state index is 13.7. The molecule has 0 saturated heterocycles. The first-order chi connectivity index (χ1) is 19.8. The van der Waals surface area contributed by atoms with Crippen LogP contribution in [-0.2, 0) is 11.3 Å². The fourth-order valence-corrected chi connectivity index (χ4v) is 5.89. The minimum atomic E-state index is -0.325. The molecule has 214 valence electrons. The van der Waals surface area contributed by atoms with Gasteiger partial charge in [-0.2, -0.15) is 0 Å². The molecule has 41 heavy (non-hydrogen) atoms. The van der Waals surface area contributed by atoms with Crippen LogP contribution in [0.4, 0.5) is 5.69 Å². The van der Waals surface area contributed by atoms with E-state index in [0.717, 1.165) is 28.9 Å². The normalized spacial score (nSPS) is 20.5. The van der Waals surface area contributed by atoms with Gasteiger partial charge in [-0.15, -0.1) is 11.3 Å². The first kappa shape index (κ1) is 28.7. The van der Waals surface area contributed by atoms with Crippen molar-refractivity contribution >= 4 is 39.1 Å². The maximum Gasteiger partial charge on any atom is 0.284 e. The van der Waals surface area contributed by atoms with E-state index < -0.39 is 0 Å². The second-order valence-corrected chi connectivity index (χ2v) is 11.6. The number of methoxy groups -OCH3 is 1. The zero-order valence-electron chi connectivity index (χ0n) is 23.7. The molecule has 2 aromatic carbocycles. The number of thiazole rings is 1. The lowest BCUT2D eigenvalue weighted by atomic mass is 10.0. The molecule has 9 nitrogen and oxygen atoms in total. The largest absolute Gasteiger partial charge is 0.491 e. The van der Waals surface area contributed by atoms with Gasteiger partial charge in [-0.05, 0) is 54.8 Å². The highest BCUT2D eigenvalue weighted by molar-refractivity contribution is 7.20. The Kier molecular flexibility index (Phi) is 8.92. The van der Waals surface area contributed by atoms with Gasteiger partial charge in [0.1, 0.15) is 12.4 Å². The highest BCUT2D eigenvalue weighted by Crippen LogP contribution is 2.28. The van der Waals surface area contributed by atoms with Crippen LogP contribution in [0.15, 0.2) is 67.0 Å². The van der Waals surface area contributed by atoms with Gasteiger partial charge in [-0.3, -0.25) is 19.5 Å². The lowest BCUT2D eigenvalue weighted by Gasteiger charge is -2.36. The number of likely N-dealkylation sites (N-methyl/N-ethyl adjacent to an activating group) is 1. The number of ether oxygens (including phenoxy) is 2. The van der Waals surface area contributed by atoms with Crippen LogP contribution < -0.4 is 10.1 Å². The van der Waals surface area contributed by atoms with Crippen molar-refractivity contribution in [1.82, 2.24) is 19.8 Å². The third-order valence-corrected chi connectivity index (χ3v) is 8.46. The number of nitrogens with one attached hydrogen (secondary N) is 1. The number of amides is 2. The van der Waals surface area contributed by atoms with Gasteiger partial charge in [0.2, 0.25) is 0 Å². The SMILES string of the molecule is CO[C@@H]1CN(C)C(=O)c2cc(NC(=O)c3nc4ccccc4s3)ccc2OC[C@@H](C)N(Cc2cccnc2)C[C@H]1C. The number of pyridine rings is 1. The number of rotatable bonds is 5. The van der Waals surface area contributed by atoms with Gasteiger partial charge >= 0.3 is 0 Å². The summed E-state index contributed by atoms with van der Waals surface area (Å²) in [6.07, 6.45) is 3.49. The zero-order chi connectivity index (χ0) is 28.9. The number of fused-ring (bicyclic) bond motifs is 2. The predicted octanol–water partition coefficient (Wildman–Crippen LogP) is 4.95. The maximum atomic E-state index is 13.7. The Labute approximate surface area is 244 Å². The molecule has 1 N–H and O–H groups in total. The first-order valence-corrected chi connectivity index (χ1v) is 14.5. The molecule has 5 rings (SSSR count). The van der Waals surface area contributed by atoms with Crippen LogP contribution in [0.3, 0.4) is 0 Å². The summed E-state index contributed by atoms with van der Waals surface area (Å²) in [6.45, 7) is 6.54. The van der Waals surface area contributed by atoms with Gasteiger partial charge in [0.05, 0.1) is 21.9 Å². The molecule has 0 aliphatic carbocycles. The summed E-state index contributed by atoms with van der Waals surface area (Å²) in [5, 5.41) is 3.26. The Bertz CT molecular complexity index is 1480. The van der Waals surface area contributed by atoms with E-state index in [1.54, 1.807) is 43.5 Å². The molecule has 0 fully saturated rings. The van der Waals surface area contributed by atoms with Crippen molar-refractivity contribution < 1.29 is 19.1 Å². The molecule has 1 aliphatic rings. The summed E-state index contributed by atoms with van der Waals surface area (Å²) in [5.41, 5.74) is 2.77. The van der Waals surface area contributed by atoms with Crippen LogP contribution in [0.2, 0.25) is 0 Å². The van der Waals surface area contributed by atoms with E-state index in [4.69, 9.17) is 9.47 Å². The van der Waals surface area contributed by atoms with Crippen LogP contribution >= 0.6 is 11.3 Å². The van der Waals surface area contributed by atoms with Gasteiger partial charge in [-0.25, -0.2) is 4.98 Å². The fourth-order valence-electron chi connectivity index (χ4n) is 5.03. The molecule has 0 bridgehead atoms. The number of carbonyl (C=O) groups is 2. The molecule has 0 radical (unpaired) electrons. The van der Waals surface area contributed by atoms with Gasteiger partial charge in [0.25, 0.3) is 11.8 Å². The van der Waals surface area contributed by atoms with Crippen LogP contribution in [-0.4, -0.2) is 77.6 Å². The molecule has 1 aliphatic heterocycles. The van der Waals surface area contributed by atoms with Crippen LogP contribution in [0.25, 0.3) is 10.2 Å². The van der Waals surface area contributed by atoms with E-state index >= 15 is 0 Å². The van der Waals surface area contributed by atoms with Crippen molar-refractivity contribution in [2.45, 2.75) is 32.5 Å². The quantitative estimate of drug-likeness (QED) is 0.361. The second-order valence-electron chi connectivity index (χ2n) is 10.5. The smallest absolute Gasteiger partial charge is 0.284 e. The first-order valence-electron chi connectivity index (χ1n) is 13.7. The third kappa shape index (κ3) is 6.73. The van der Waals surface area contributed by atoms with Crippen LogP contribution in [0, 0.1) is 5.92 Å². The number of nitrogens with zero attached hydrogens (tertiary/aromatic N) is 4. The average molecular weight is 574 g/mol. The number of hydrogen-bond donors (Lipinski definition) is 1. The summed E-state index contributed by atoms with van der Waals surface area (Å²) in [5.74, 6) is 0.0862. The lowest BCUT2D eigenvalue weighted by molar-refractivity contribution is 0.00920. The van der Waals surface area contributed by atoms with E-state index in [-0.39, 0.29) is 29.9 Å². The Morgan fingerprint density at radius 2 is 1.98 bits per heavy atom. The Morgan fingerprint density at radius 3 is 2.73 bits per heavy atom. The number of benzene rings is 2. The van der Waals surface area contributed by atoms with E-state index in [1.807, 2.05) is 36.5 Å². The number of para-hydroxylation sites is 1. The average Bonchev–Trinajstić information content (AvgIpc) is 3.43. The van der Waals surface area contributed by atoms with Crippen molar-refractivity contribution in [2.24, 2.45) is 5.92 Å². The Hall–Kier alpha value is -3.86. The van der Waals surface area contributed by atoms with Gasteiger partial charge in [0, 0.05) is 57.9 Å². The van der Waals surface area contributed by atoms with Gasteiger partial charge in [-0.1, -0.05) is 25.1 Å². The minimum absolute atomic E-state index is 0.0497. The van der Waals surface area contributed by atoms with E-state index in [1.165, 1.54) is 11.3 Å². The molecule has 2 aromatic heterocycles. The van der Waals surface area contributed by atoms with Crippen LogP contribution in [0.5, 0.6) is 5.75 Å². The van der Waals surface area contributed by atoms with E-state index in [2.05, 4.69) is 40.1 Å². The summed E-state index contributed by atoms with van der Waals surface area (Å²) >= 11 is 1.33. The summed E-state index contributed by atoms with van der Waals surface area (Å²) in [4.78, 5) is 39.5. The molecular weight excluding hydrogens is 538 g/mol. The highest BCUT2D eigenvalue weighted by Gasteiger charge is 2.29. The summed E-state index contributed by atoms with van der Waals surface area (Å²) in [6, 6.07) is 16.9. The monoisotopic (exact) mass is 573 g/mol. The number of hydrogen-bond acceptors (Lipinski definition) is 8. The molecule has 0 unspecified atom stereocenters. The van der Waals surface area contributed by atoms with Gasteiger partial charge in [0.15, 0.2) is 5.01 Å². The van der Waals surface area contributed by atoms with Crippen molar-refractivity contribution in [2.75, 3.05) is 39.2 Å². The molecule has 4 aromatic rings. The predicted molar refractivity (Wildman–Crippen MR) is 161 cm³/mol. The van der Waals surface area contributed by atoms with Crippen LogP contribution in [0.1, 0.15) is 39.6 Å². The Balaban J connectivity index is 1.41. The number of carbonyl (C=O) groups excluding carboxylic acids is 2. The Morgan fingerprint density at radius 1 is 1.15 bits per heavy atom.